The Kier molecular flexibility index (Phi) is 3.78. The monoisotopic (exact) mass is 284 g/mol. The first kappa shape index (κ1) is 13.9. The smallest absolute Gasteiger partial charge is 0.339 e. The quantitative estimate of drug-likeness (QED) is 0.929. The van der Waals surface area contributed by atoms with Crippen LogP contribution in [-0.4, -0.2) is 20.9 Å². The van der Waals surface area contributed by atoms with Crippen LogP contribution in [0.2, 0.25) is 0 Å². The lowest BCUT2D eigenvalue weighted by Crippen LogP contribution is -2.10. The molecule has 0 saturated heterocycles. The molecule has 2 aromatic rings. The fraction of sp³-hybridized carbons (Fsp3) is 0.412. The molecule has 1 saturated carbocycles. The first-order valence-corrected chi connectivity index (χ1v) is 7.55. The van der Waals surface area contributed by atoms with Crippen molar-refractivity contribution in [1.29, 1.82) is 0 Å². The van der Waals surface area contributed by atoms with E-state index >= 15 is 0 Å². The highest BCUT2D eigenvalue weighted by atomic mass is 16.4. The number of carboxylic acid groups (broad SMARTS) is 1. The third-order valence-electron chi connectivity index (χ3n) is 4.26. The summed E-state index contributed by atoms with van der Waals surface area (Å²) in [6.07, 6.45) is 7.33. The second-order valence-electron chi connectivity index (χ2n) is 5.85. The molecule has 110 valence electrons. The van der Waals surface area contributed by atoms with E-state index in [1.165, 1.54) is 24.8 Å². The Hall–Kier alpha value is -2.10. The molecule has 0 bridgehead atoms. The molecule has 3 rings (SSSR count). The van der Waals surface area contributed by atoms with Gasteiger partial charge >= 0.3 is 5.97 Å². The molecule has 4 nitrogen and oxygen atoms in total. The second kappa shape index (κ2) is 5.72. The van der Waals surface area contributed by atoms with E-state index in [1.54, 1.807) is 10.9 Å². The summed E-state index contributed by atoms with van der Waals surface area (Å²) in [4.78, 5) is 11.5. The molecular formula is C17H20N2O2. The average molecular weight is 284 g/mol. The number of hydrogen-bond donors (Lipinski definition) is 1. The Labute approximate surface area is 124 Å². The van der Waals surface area contributed by atoms with Crippen molar-refractivity contribution >= 4 is 5.97 Å². The van der Waals surface area contributed by atoms with Gasteiger partial charge < -0.3 is 5.11 Å². The minimum absolute atomic E-state index is 0.288. The van der Waals surface area contributed by atoms with Gasteiger partial charge in [-0.3, -0.25) is 0 Å². The van der Waals surface area contributed by atoms with Gasteiger partial charge in [-0.05, 0) is 31.9 Å². The van der Waals surface area contributed by atoms with E-state index in [2.05, 4.69) is 5.10 Å². The SMILES string of the molecule is Cc1ccc(-n2cc(C(=O)O)c(C3CCCCC3)n2)cc1. The average Bonchev–Trinajstić information content (AvgIpc) is 2.94. The highest BCUT2D eigenvalue weighted by molar-refractivity contribution is 5.89. The van der Waals surface area contributed by atoms with Crippen LogP contribution in [0.1, 0.15) is 59.6 Å². The predicted molar refractivity (Wildman–Crippen MR) is 81.1 cm³/mol. The molecule has 0 aliphatic heterocycles. The summed E-state index contributed by atoms with van der Waals surface area (Å²) in [5, 5.41) is 14.0. The summed E-state index contributed by atoms with van der Waals surface area (Å²) in [5.74, 6) is -0.592. The van der Waals surface area contributed by atoms with Crippen LogP contribution in [0.5, 0.6) is 0 Å². The van der Waals surface area contributed by atoms with E-state index in [9.17, 15) is 9.90 Å². The summed E-state index contributed by atoms with van der Waals surface area (Å²) in [6, 6.07) is 7.96. The van der Waals surface area contributed by atoms with Crippen molar-refractivity contribution in [1.82, 2.24) is 9.78 Å². The summed E-state index contributed by atoms with van der Waals surface area (Å²) >= 11 is 0. The van der Waals surface area contributed by atoms with Gasteiger partial charge in [0.25, 0.3) is 0 Å². The van der Waals surface area contributed by atoms with E-state index in [0.29, 0.717) is 5.56 Å². The normalized spacial score (nSPS) is 16.0. The van der Waals surface area contributed by atoms with Crippen molar-refractivity contribution < 1.29 is 9.90 Å². The van der Waals surface area contributed by atoms with Gasteiger partial charge in [0.05, 0.1) is 11.4 Å². The zero-order valence-corrected chi connectivity index (χ0v) is 12.2. The number of carboxylic acids is 1. The van der Waals surface area contributed by atoms with Gasteiger partial charge in [-0.25, -0.2) is 9.48 Å². The topological polar surface area (TPSA) is 55.1 Å². The maximum absolute atomic E-state index is 11.5. The molecule has 1 aliphatic rings. The van der Waals surface area contributed by atoms with E-state index in [-0.39, 0.29) is 5.92 Å². The summed E-state index contributed by atoms with van der Waals surface area (Å²) in [5.41, 5.74) is 3.19. The molecule has 21 heavy (non-hydrogen) atoms. The van der Waals surface area contributed by atoms with Gasteiger partial charge in [0.2, 0.25) is 0 Å². The lowest BCUT2D eigenvalue weighted by Gasteiger charge is -2.20. The predicted octanol–water partition coefficient (Wildman–Crippen LogP) is 3.93. The van der Waals surface area contributed by atoms with Crippen LogP contribution >= 0.6 is 0 Å². The van der Waals surface area contributed by atoms with Gasteiger partial charge in [0, 0.05) is 12.1 Å². The van der Waals surface area contributed by atoms with Gasteiger partial charge in [0.15, 0.2) is 0 Å². The van der Waals surface area contributed by atoms with Crippen molar-refractivity contribution in [2.45, 2.75) is 44.9 Å². The number of nitrogens with zero attached hydrogens (tertiary/aromatic N) is 2. The third-order valence-corrected chi connectivity index (χ3v) is 4.26. The Balaban J connectivity index is 1.99. The van der Waals surface area contributed by atoms with Gasteiger partial charge in [0.1, 0.15) is 5.56 Å². The van der Waals surface area contributed by atoms with Crippen LogP contribution in [0, 0.1) is 6.92 Å². The number of hydrogen-bond acceptors (Lipinski definition) is 2. The van der Waals surface area contributed by atoms with Gasteiger partial charge in [-0.2, -0.15) is 5.10 Å². The van der Waals surface area contributed by atoms with Crippen LogP contribution < -0.4 is 0 Å². The molecule has 1 aromatic heterocycles. The zero-order valence-electron chi connectivity index (χ0n) is 12.2. The van der Waals surface area contributed by atoms with Crippen LogP contribution in [0.3, 0.4) is 0 Å². The first-order valence-electron chi connectivity index (χ1n) is 7.55. The highest BCUT2D eigenvalue weighted by Gasteiger charge is 2.25. The van der Waals surface area contributed by atoms with Crippen molar-refractivity contribution in [3.05, 3.63) is 47.3 Å². The number of aryl methyl sites for hydroxylation is 1. The van der Waals surface area contributed by atoms with Gasteiger partial charge in [-0.15, -0.1) is 0 Å². The molecule has 0 radical (unpaired) electrons. The third kappa shape index (κ3) is 2.84. The molecule has 1 N–H and O–H groups in total. The zero-order chi connectivity index (χ0) is 14.8. The molecule has 1 aromatic carbocycles. The van der Waals surface area contributed by atoms with Crippen LogP contribution in [0.4, 0.5) is 0 Å². The molecule has 0 unspecified atom stereocenters. The van der Waals surface area contributed by atoms with E-state index < -0.39 is 5.97 Å². The molecule has 0 atom stereocenters. The molecule has 1 fully saturated rings. The Morgan fingerprint density at radius 2 is 1.86 bits per heavy atom. The molecule has 0 spiro atoms. The standard InChI is InChI=1S/C17H20N2O2/c1-12-7-9-14(10-8-12)19-11-15(17(20)21)16(18-19)13-5-3-2-4-6-13/h7-11,13H,2-6H2,1H3,(H,20,21). The number of benzene rings is 1. The van der Waals surface area contributed by atoms with Gasteiger partial charge in [-0.1, -0.05) is 37.0 Å². The lowest BCUT2D eigenvalue weighted by molar-refractivity contribution is 0.0694. The molecule has 1 aliphatic carbocycles. The molecule has 1 heterocycles. The molecule has 4 heteroatoms. The summed E-state index contributed by atoms with van der Waals surface area (Å²) < 4.78 is 1.70. The van der Waals surface area contributed by atoms with Crippen molar-refractivity contribution in [3.63, 3.8) is 0 Å². The largest absolute Gasteiger partial charge is 0.478 e. The minimum atomic E-state index is -0.881. The number of rotatable bonds is 3. The fourth-order valence-electron chi connectivity index (χ4n) is 3.06. The Bertz CT molecular complexity index is 637. The Morgan fingerprint density at radius 3 is 2.48 bits per heavy atom. The number of aromatic carboxylic acids is 1. The lowest BCUT2D eigenvalue weighted by atomic mass is 9.85. The highest BCUT2D eigenvalue weighted by Crippen LogP contribution is 2.34. The summed E-state index contributed by atoms with van der Waals surface area (Å²) in [6.45, 7) is 2.03. The second-order valence-corrected chi connectivity index (χ2v) is 5.85. The molecule has 0 amide bonds. The maximum atomic E-state index is 11.5. The van der Waals surface area contributed by atoms with Crippen molar-refractivity contribution in [2.75, 3.05) is 0 Å². The maximum Gasteiger partial charge on any atom is 0.339 e. The van der Waals surface area contributed by atoms with Crippen LogP contribution in [-0.2, 0) is 0 Å². The van der Waals surface area contributed by atoms with Crippen molar-refractivity contribution in [2.24, 2.45) is 0 Å². The molecular weight excluding hydrogens is 264 g/mol. The fourth-order valence-corrected chi connectivity index (χ4v) is 3.06. The van der Waals surface area contributed by atoms with Crippen LogP contribution in [0.15, 0.2) is 30.5 Å². The van der Waals surface area contributed by atoms with E-state index in [0.717, 1.165) is 24.2 Å². The van der Waals surface area contributed by atoms with Crippen molar-refractivity contribution in [3.8, 4) is 5.69 Å². The van der Waals surface area contributed by atoms with Crippen LogP contribution in [0.25, 0.3) is 5.69 Å². The number of carbonyl (C=O) groups is 1. The minimum Gasteiger partial charge on any atom is -0.478 e. The Morgan fingerprint density at radius 1 is 1.19 bits per heavy atom. The summed E-state index contributed by atoms with van der Waals surface area (Å²) in [7, 11) is 0. The number of aromatic nitrogens is 2. The first-order chi connectivity index (χ1) is 10.1. The van der Waals surface area contributed by atoms with E-state index in [4.69, 9.17) is 0 Å². The van der Waals surface area contributed by atoms with E-state index in [1.807, 2.05) is 31.2 Å².